The molecule has 0 bridgehead atoms. The van der Waals surface area contributed by atoms with Crippen molar-refractivity contribution in [1.29, 1.82) is 0 Å². The van der Waals surface area contributed by atoms with Crippen molar-refractivity contribution in [3.05, 3.63) is 47.0 Å². The van der Waals surface area contributed by atoms with Gasteiger partial charge in [-0.2, -0.15) is 0 Å². The van der Waals surface area contributed by atoms with Crippen molar-refractivity contribution in [2.75, 3.05) is 30.4 Å². The molecule has 1 saturated carbocycles. The lowest BCUT2D eigenvalue weighted by Gasteiger charge is -2.30. The van der Waals surface area contributed by atoms with E-state index in [4.69, 9.17) is 23.2 Å². The quantitative estimate of drug-likeness (QED) is 0.412. The van der Waals surface area contributed by atoms with Crippen LogP contribution in [0.1, 0.15) is 38.2 Å². The van der Waals surface area contributed by atoms with Gasteiger partial charge >= 0.3 is 0 Å². The summed E-state index contributed by atoms with van der Waals surface area (Å²) in [4.78, 5) is 2.55. The van der Waals surface area contributed by atoms with Crippen molar-refractivity contribution < 1.29 is 0 Å². The molecule has 1 aliphatic carbocycles. The summed E-state index contributed by atoms with van der Waals surface area (Å²) in [6.45, 7) is 6.60. The first-order chi connectivity index (χ1) is 13.5. The second kappa shape index (κ2) is 8.32. The number of nitrogens with zero attached hydrogens (tertiary/aromatic N) is 2. The maximum atomic E-state index is 6.62. The fourth-order valence-corrected chi connectivity index (χ4v) is 4.27. The smallest absolute Gasteiger partial charge is 0.0762 e. The van der Waals surface area contributed by atoms with Crippen LogP contribution < -0.4 is 16.6 Å². The van der Waals surface area contributed by atoms with Crippen molar-refractivity contribution in [3.63, 3.8) is 0 Å². The highest BCUT2D eigenvalue weighted by molar-refractivity contribution is 6.36. The van der Waals surface area contributed by atoms with E-state index >= 15 is 0 Å². The number of rotatable bonds is 6. The molecule has 5 heteroatoms. The Kier molecular flexibility index (Phi) is 5.81. The first-order valence-corrected chi connectivity index (χ1v) is 10.8. The second-order valence-corrected chi connectivity index (χ2v) is 8.99. The monoisotopic (exact) mass is 398 g/mol. The largest absolute Gasteiger partial charge is 0.396 e. The minimum absolute atomic E-state index is 0.564. The van der Waals surface area contributed by atoms with E-state index < -0.39 is 0 Å². The number of nitrogen functional groups attached to an aromatic ring is 1. The molecule has 0 spiro atoms. The molecule has 1 aliphatic heterocycles. The minimum Gasteiger partial charge on any atom is -0.396 e. The van der Waals surface area contributed by atoms with Crippen LogP contribution in [-0.2, 0) is 6.54 Å². The lowest BCUT2D eigenvalue weighted by atomic mass is 9.98. The van der Waals surface area contributed by atoms with Crippen LogP contribution in [0.4, 0.5) is 11.4 Å². The van der Waals surface area contributed by atoms with E-state index in [1.54, 1.807) is 5.01 Å². The molecule has 4 N–H and O–H groups in total. The fourth-order valence-electron chi connectivity index (χ4n) is 4.00. The molecular weight excluding hydrogens is 368 g/mol. The Bertz CT molecular complexity index is 808. The van der Waals surface area contributed by atoms with Gasteiger partial charge in [-0.3, -0.25) is 4.90 Å². The molecule has 2 aliphatic rings. The van der Waals surface area contributed by atoms with Crippen LogP contribution in [0.3, 0.4) is 0 Å². The van der Waals surface area contributed by atoms with E-state index in [0.29, 0.717) is 16.6 Å². The van der Waals surface area contributed by atoms with Crippen LogP contribution in [0.5, 0.6) is 0 Å². The summed E-state index contributed by atoms with van der Waals surface area (Å²) in [7, 11) is 0. The SMILES string of the molecule is CC1CCN(Cc2ccc(-c3ccc(N(N)CC4CC4)c(N)c3Cl)cc2)CC1. The highest BCUT2D eigenvalue weighted by Crippen LogP contribution is 2.39. The molecule has 1 heterocycles. The molecule has 0 amide bonds. The highest BCUT2D eigenvalue weighted by atomic mass is 35.5. The average molecular weight is 399 g/mol. The molecule has 2 aromatic carbocycles. The number of halogens is 1. The topological polar surface area (TPSA) is 58.5 Å². The number of piperidine rings is 1. The lowest BCUT2D eigenvalue weighted by molar-refractivity contribution is 0.185. The Morgan fingerprint density at radius 2 is 1.71 bits per heavy atom. The van der Waals surface area contributed by atoms with E-state index in [2.05, 4.69) is 36.1 Å². The molecule has 150 valence electrons. The van der Waals surface area contributed by atoms with Gasteiger partial charge in [0, 0.05) is 18.7 Å². The molecule has 0 unspecified atom stereocenters. The van der Waals surface area contributed by atoms with Gasteiger partial charge in [-0.25, -0.2) is 5.84 Å². The van der Waals surface area contributed by atoms with Crippen molar-refractivity contribution >= 4 is 23.0 Å². The summed E-state index contributed by atoms with van der Waals surface area (Å²) in [6, 6.07) is 12.7. The summed E-state index contributed by atoms with van der Waals surface area (Å²) in [6.07, 6.45) is 5.11. The third-order valence-electron chi connectivity index (χ3n) is 6.17. The van der Waals surface area contributed by atoms with Gasteiger partial charge in [0.25, 0.3) is 0 Å². The van der Waals surface area contributed by atoms with Crippen molar-refractivity contribution in [2.24, 2.45) is 17.7 Å². The predicted molar refractivity (Wildman–Crippen MR) is 119 cm³/mol. The third kappa shape index (κ3) is 4.45. The zero-order chi connectivity index (χ0) is 19.7. The molecule has 0 radical (unpaired) electrons. The number of likely N-dealkylation sites (tertiary alicyclic amines) is 1. The van der Waals surface area contributed by atoms with Gasteiger partial charge in [0.1, 0.15) is 0 Å². The van der Waals surface area contributed by atoms with E-state index in [-0.39, 0.29) is 0 Å². The van der Waals surface area contributed by atoms with E-state index in [1.807, 2.05) is 12.1 Å². The van der Waals surface area contributed by atoms with Crippen LogP contribution in [0.2, 0.25) is 5.02 Å². The molecule has 1 saturated heterocycles. The molecule has 4 nitrogen and oxygen atoms in total. The standard InChI is InChI=1S/C23H31ClN4/c1-16-10-12-27(13-11-16)14-17-4-6-19(7-5-17)20-8-9-21(23(25)22(20)24)28(26)15-18-2-3-18/h4-9,16,18H,2-3,10-15,25-26H2,1H3. The number of benzene rings is 2. The zero-order valence-corrected chi connectivity index (χ0v) is 17.5. The van der Waals surface area contributed by atoms with E-state index in [9.17, 15) is 0 Å². The Hall–Kier alpha value is -1.75. The molecule has 0 atom stereocenters. The Morgan fingerprint density at radius 1 is 1.04 bits per heavy atom. The average Bonchev–Trinajstić information content (AvgIpc) is 3.50. The van der Waals surface area contributed by atoms with Crippen molar-refractivity contribution in [2.45, 2.75) is 39.2 Å². The summed E-state index contributed by atoms with van der Waals surface area (Å²) in [5.41, 5.74) is 11.1. The summed E-state index contributed by atoms with van der Waals surface area (Å²) in [5, 5.41) is 2.33. The second-order valence-electron chi connectivity index (χ2n) is 8.61. The van der Waals surface area contributed by atoms with Crippen LogP contribution in [-0.4, -0.2) is 24.5 Å². The van der Waals surface area contributed by atoms with Gasteiger partial charge in [-0.05, 0) is 67.8 Å². The van der Waals surface area contributed by atoms with Gasteiger partial charge in [0.05, 0.1) is 16.4 Å². The normalized spacial score (nSPS) is 18.4. The number of hydrogen-bond donors (Lipinski definition) is 2. The number of hydrazine groups is 1. The minimum atomic E-state index is 0.564. The molecule has 28 heavy (non-hydrogen) atoms. The van der Waals surface area contributed by atoms with Crippen LogP contribution in [0, 0.1) is 11.8 Å². The van der Waals surface area contributed by atoms with E-state index in [0.717, 1.165) is 35.8 Å². The predicted octanol–water partition coefficient (Wildman–Crippen LogP) is 4.91. The van der Waals surface area contributed by atoms with E-state index in [1.165, 1.54) is 44.3 Å². The lowest BCUT2D eigenvalue weighted by Crippen LogP contribution is -2.33. The highest BCUT2D eigenvalue weighted by Gasteiger charge is 2.25. The first-order valence-electron chi connectivity index (χ1n) is 10.4. The number of nitrogens with two attached hydrogens (primary N) is 2. The maximum absolute atomic E-state index is 6.62. The van der Waals surface area contributed by atoms with Crippen LogP contribution in [0.25, 0.3) is 11.1 Å². The Labute approximate surface area is 173 Å². The molecular formula is C23H31ClN4. The van der Waals surface area contributed by atoms with Gasteiger partial charge in [0.2, 0.25) is 0 Å². The van der Waals surface area contributed by atoms with Crippen molar-refractivity contribution in [3.8, 4) is 11.1 Å². The molecule has 4 rings (SSSR count). The van der Waals surface area contributed by atoms with Gasteiger partial charge < -0.3 is 10.7 Å². The first kappa shape index (κ1) is 19.6. The summed E-state index contributed by atoms with van der Waals surface area (Å²) >= 11 is 6.62. The molecule has 0 aromatic heterocycles. The fraction of sp³-hybridized carbons (Fsp3) is 0.478. The third-order valence-corrected chi connectivity index (χ3v) is 6.57. The summed E-state index contributed by atoms with van der Waals surface area (Å²) in [5.74, 6) is 7.76. The summed E-state index contributed by atoms with van der Waals surface area (Å²) < 4.78 is 0. The molecule has 2 fully saturated rings. The van der Waals surface area contributed by atoms with Gasteiger partial charge in [-0.1, -0.05) is 48.9 Å². The zero-order valence-electron chi connectivity index (χ0n) is 16.7. The number of hydrogen-bond acceptors (Lipinski definition) is 4. The van der Waals surface area contributed by atoms with Crippen LogP contribution >= 0.6 is 11.6 Å². The maximum Gasteiger partial charge on any atom is 0.0762 e. The Balaban J connectivity index is 1.47. The van der Waals surface area contributed by atoms with Crippen LogP contribution in [0.15, 0.2) is 36.4 Å². The van der Waals surface area contributed by atoms with Gasteiger partial charge in [-0.15, -0.1) is 0 Å². The van der Waals surface area contributed by atoms with Gasteiger partial charge in [0.15, 0.2) is 0 Å². The number of anilines is 2. The molecule has 2 aromatic rings. The Morgan fingerprint density at radius 3 is 2.36 bits per heavy atom. The van der Waals surface area contributed by atoms with Crippen molar-refractivity contribution in [1.82, 2.24) is 4.90 Å².